The number of methoxy groups -OCH3 is 1. The standard InChI is InChI=1S/C35H40FN5O3/c1-23(2)29-7-4-24(12-33(29)43-3)19-39-8-10-40(11-9-39)27-15-35(16-27)21-41(22-35)26-6-5-25(20-42)32(13-26)44-28-14-30-31(36)18-38-34(30)37-17-28/h4-7,12-14,17-18,20,23,27H,8-11,15-16,19,21-22H2,1-3H3,(H,37,38). The Kier molecular flexibility index (Phi) is 7.54. The van der Waals surface area contributed by atoms with Crippen LogP contribution in [0.2, 0.25) is 0 Å². The highest BCUT2D eigenvalue weighted by Crippen LogP contribution is 2.52. The Labute approximate surface area is 257 Å². The highest BCUT2D eigenvalue weighted by molar-refractivity contribution is 5.82. The lowest BCUT2D eigenvalue weighted by Crippen LogP contribution is -2.68. The number of hydrogen-bond donors (Lipinski definition) is 1. The molecule has 4 heterocycles. The molecule has 0 radical (unpaired) electrons. The maximum absolute atomic E-state index is 14.0. The molecule has 1 aliphatic carbocycles. The molecule has 9 heteroatoms. The van der Waals surface area contributed by atoms with Gasteiger partial charge >= 0.3 is 0 Å². The molecule has 2 aromatic carbocycles. The molecule has 44 heavy (non-hydrogen) atoms. The lowest BCUT2D eigenvalue weighted by atomic mass is 9.60. The van der Waals surface area contributed by atoms with E-state index in [2.05, 4.69) is 56.7 Å². The molecule has 8 nitrogen and oxygen atoms in total. The number of fused-ring (bicyclic) bond motifs is 1. The van der Waals surface area contributed by atoms with E-state index in [1.54, 1.807) is 19.2 Å². The van der Waals surface area contributed by atoms with Gasteiger partial charge in [-0.2, -0.15) is 0 Å². The number of aldehydes is 1. The van der Waals surface area contributed by atoms with Gasteiger partial charge in [0.25, 0.3) is 0 Å². The van der Waals surface area contributed by atoms with Crippen molar-refractivity contribution in [1.82, 2.24) is 19.8 Å². The summed E-state index contributed by atoms with van der Waals surface area (Å²) in [5.41, 5.74) is 4.91. The first-order valence-electron chi connectivity index (χ1n) is 15.6. The number of H-pyrrole nitrogens is 1. The third-order valence-electron chi connectivity index (χ3n) is 9.81. The van der Waals surface area contributed by atoms with Crippen LogP contribution in [0.25, 0.3) is 11.0 Å². The molecule has 0 atom stereocenters. The van der Waals surface area contributed by atoms with Gasteiger partial charge in [0, 0.05) is 75.2 Å². The van der Waals surface area contributed by atoms with Crippen LogP contribution in [-0.2, 0) is 6.54 Å². The van der Waals surface area contributed by atoms with Gasteiger partial charge in [-0.3, -0.25) is 14.6 Å². The second-order valence-electron chi connectivity index (χ2n) is 13.1. The predicted molar refractivity (Wildman–Crippen MR) is 170 cm³/mol. The van der Waals surface area contributed by atoms with Crippen molar-refractivity contribution in [2.24, 2.45) is 5.41 Å². The summed E-state index contributed by atoms with van der Waals surface area (Å²) in [4.78, 5) is 26.4. The molecule has 2 aliphatic heterocycles. The van der Waals surface area contributed by atoms with Gasteiger partial charge in [-0.05, 0) is 54.2 Å². The molecule has 1 spiro atoms. The SMILES string of the molecule is COc1cc(CN2CCN(C3CC4(C3)CN(c3ccc(C=O)c(Oc5cnc6[nH]cc(F)c6c5)c3)C4)CC2)ccc1C(C)C. The van der Waals surface area contributed by atoms with E-state index in [9.17, 15) is 9.18 Å². The highest BCUT2D eigenvalue weighted by atomic mass is 19.1. The van der Waals surface area contributed by atoms with Crippen molar-refractivity contribution in [3.8, 4) is 17.2 Å². The summed E-state index contributed by atoms with van der Waals surface area (Å²) in [5.74, 6) is 1.91. The van der Waals surface area contributed by atoms with Gasteiger partial charge < -0.3 is 19.4 Å². The van der Waals surface area contributed by atoms with Crippen molar-refractivity contribution in [3.63, 3.8) is 0 Å². The predicted octanol–water partition coefficient (Wildman–Crippen LogP) is 6.23. The molecule has 2 aromatic heterocycles. The van der Waals surface area contributed by atoms with Crippen LogP contribution in [0.15, 0.2) is 54.9 Å². The van der Waals surface area contributed by atoms with Crippen LogP contribution in [0.1, 0.15) is 54.1 Å². The van der Waals surface area contributed by atoms with E-state index in [4.69, 9.17) is 9.47 Å². The zero-order valence-electron chi connectivity index (χ0n) is 25.7. The zero-order chi connectivity index (χ0) is 30.4. The minimum absolute atomic E-state index is 0.356. The number of halogens is 1. The molecular formula is C35H40FN5O3. The van der Waals surface area contributed by atoms with Gasteiger partial charge in [0.2, 0.25) is 0 Å². The van der Waals surface area contributed by atoms with E-state index in [1.165, 1.54) is 36.4 Å². The van der Waals surface area contributed by atoms with Crippen LogP contribution >= 0.6 is 0 Å². The average Bonchev–Trinajstić information content (AvgIpc) is 3.36. The molecule has 1 saturated carbocycles. The van der Waals surface area contributed by atoms with Crippen molar-refractivity contribution in [3.05, 3.63) is 77.4 Å². The number of piperazine rings is 1. The third kappa shape index (κ3) is 5.43. The highest BCUT2D eigenvalue weighted by Gasteiger charge is 2.54. The van der Waals surface area contributed by atoms with Crippen LogP contribution in [0.4, 0.5) is 10.1 Å². The number of nitrogens with zero attached hydrogens (tertiary/aromatic N) is 4. The Balaban J connectivity index is 0.912. The third-order valence-corrected chi connectivity index (χ3v) is 9.81. The van der Waals surface area contributed by atoms with Gasteiger partial charge in [-0.25, -0.2) is 9.37 Å². The van der Waals surface area contributed by atoms with Gasteiger partial charge in [-0.1, -0.05) is 26.0 Å². The summed E-state index contributed by atoms with van der Waals surface area (Å²) in [5, 5.41) is 0.356. The molecule has 4 aromatic rings. The number of anilines is 1. The Morgan fingerprint density at radius 3 is 2.59 bits per heavy atom. The monoisotopic (exact) mass is 597 g/mol. The first-order chi connectivity index (χ1) is 21.3. The topological polar surface area (TPSA) is 73.9 Å². The Morgan fingerprint density at radius 2 is 1.86 bits per heavy atom. The summed E-state index contributed by atoms with van der Waals surface area (Å²) in [6.07, 6.45) is 6.07. The zero-order valence-corrected chi connectivity index (χ0v) is 25.7. The number of aromatic amines is 1. The fourth-order valence-corrected chi connectivity index (χ4v) is 7.32. The number of carbonyl (C=O) groups is 1. The normalized spacial score (nSPS) is 18.9. The van der Waals surface area contributed by atoms with Gasteiger partial charge in [0.1, 0.15) is 28.7 Å². The van der Waals surface area contributed by atoms with E-state index in [1.807, 2.05) is 12.1 Å². The number of nitrogens with one attached hydrogen (secondary N) is 1. The van der Waals surface area contributed by atoms with Crippen LogP contribution in [0, 0.1) is 11.2 Å². The average molecular weight is 598 g/mol. The number of hydrogen-bond acceptors (Lipinski definition) is 7. The largest absolute Gasteiger partial charge is 0.496 e. The number of pyridine rings is 1. The number of rotatable bonds is 9. The summed E-state index contributed by atoms with van der Waals surface area (Å²) in [6.45, 7) is 11.8. The molecule has 2 saturated heterocycles. The van der Waals surface area contributed by atoms with E-state index < -0.39 is 0 Å². The van der Waals surface area contributed by atoms with Crippen LogP contribution in [0.3, 0.4) is 0 Å². The number of carbonyl (C=O) groups excluding carboxylic acids is 1. The first-order valence-corrected chi connectivity index (χ1v) is 15.6. The van der Waals surface area contributed by atoms with Crippen molar-refractivity contribution < 1.29 is 18.7 Å². The second-order valence-corrected chi connectivity index (χ2v) is 13.1. The van der Waals surface area contributed by atoms with Gasteiger partial charge in [0.05, 0.1) is 24.3 Å². The molecule has 230 valence electrons. The van der Waals surface area contributed by atoms with Crippen LogP contribution < -0.4 is 14.4 Å². The molecule has 0 bridgehead atoms. The summed E-state index contributed by atoms with van der Waals surface area (Å²) >= 11 is 0. The summed E-state index contributed by atoms with van der Waals surface area (Å²) in [7, 11) is 1.76. The fourth-order valence-electron chi connectivity index (χ4n) is 7.32. The Morgan fingerprint density at radius 1 is 1.07 bits per heavy atom. The Hall–Kier alpha value is -3.95. The van der Waals surface area contributed by atoms with Crippen LogP contribution in [-0.4, -0.2) is 78.5 Å². The van der Waals surface area contributed by atoms with Crippen molar-refractivity contribution in [2.45, 2.75) is 45.2 Å². The van der Waals surface area contributed by atoms with Crippen molar-refractivity contribution in [2.75, 3.05) is 51.3 Å². The van der Waals surface area contributed by atoms with Gasteiger partial charge in [-0.15, -0.1) is 0 Å². The number of benzene rings is 2. The fraction of sp³-hybridized carbons (Fsp3) is 0.429. The maximum atomic E-state index is 14.0. The quantitative estimate of drug-likeness (QED) is 0.230. The van der Waals surface area contributed by atoms with Gasteiger partial charge in [0.15, 0.2) is 6.29 Å². The van der Waals surface area contributed by atoms with Crippen molar-refractivity contribution >= 4 is 23.0 Å². The maximum Gasteiger partial charge on any atom is 0.153 e. The second kappa shape index (κ2) is 11.5. The van der Waals surface area contributed by atoms with E-state index in [0.29, 0.717) is 45.5 Å². The molecule has 3 fully saturated rings. The lowest BCUT2D eigenvalue weighted by Gasteiger charge is -2.62. The smallest absolute Gasteiger partial charge is 0.153 e. The molecule has 0 unspecified atom stereocenters. The molecule has 7 rings (SSSR count). The van der Waals surface area contributed by atoms with E-state index in [-0.39, 0.29) is 5.82 Å². The summed E-state index contributed by atoms with van der Waals surface area (Å²) < 4.78 is 25.7. The summed E-state index contributed by atoms with van der Waals surface area (Å²) in [6, 6.07) is 14.6. The minimum atomic E-state index is -0.387. The number of aromatic nitrogens is 2. The van der Waals surface area contributed by atoms with Crippen molar-refractivity contribution in [1.29, 1.82) is 0 Å². The lowest BCUT2D eigenvalue weighted by molar-refractivity contribution is -0.0380. The van der Waals surface area contributed by atoms with E-state index >= 15 is 0 Å². The van der Waals surface area contributed by atoms with Crippen LogP contribution in [0.5, 0.6) is 17.2 Å². The first kappa shape index (κ1) is 28.8. The number of ether oxygens (including phenoxy) is 2. The molecular weight excluding hydrogens is 557 g/mol. The van der Waals surface area contributed by atoms with E-state index in [0.717, 1.165) is 63.5 Å². The molecule has 3 aliphatic rings. The minimum Gasteiger partial charge on any atom is -0.496 e. The molecule has 1 N–H and O–H groups in total. The molecule has 0 amide bonds. The Bertz CT molecular complexity index is 1660.